The number of benzene rings is 1. The van der Waals surface area contributed by atoms with Crippen LogP contribution in [0.4, 0.5) is 8.78 Å². The summed E-state index contributed by atoms with van der Waals surface area (Å²) in [5.74, 6) is -0.733. The molecule has 2 unspecified atom stereocenters. The molecule has 0 aliphatic carbocycles. The van der Waals surface area contributed by atoms with E-state index >= 15 is 0 Å². The summed E-state index contributed by atoms with van der Waals surface area (Å²) in [5.41, 5.74) is 5.71. The van der Waals surface area contributed by atoms with Crippen LogP contribution >= 0.6 is 0 Å². The fourth-order valence-electron chi connectivity index (χ4n) is 1.44. The monoisotopic (exact) mass is 274 g/mol. The topological polar surface area (TPSA) is 84.6 Å². The molecule has 19 heavy (non-hydrogen) atoms. The van der Waals surface area contributed by atoms with Crippen LogP contribution in [-0.4, -0.2) is 30.3 Å². The molecule has 5 nitrogen and oxygen atoms in total. The van der Waals surface area contributed by atoms with Crippen molar-refractivity contribution in [1.29, 1.82) is 0 Å². The van der Waals surface area contributed by atoms with Gasteiger partial charge in [-0.15, -0.1) is 0 Å². The zero-order chi connectivity index (χ0) is 14.4. The average molecular weight is 274 g/mol. The van der Waals surface area contributed by atoms with E-state index in [0.29, 0.717) is 0 Å². The third kappa shape index (κ3) is 5.19. The summed E-state index contributed by atoms with van der Waals surface area (Å²) in [6.07, 6.45) is -1.26. The Bertz CT molecular complexity index is 412. The van der Waals surface area contributed by atoms with Gasteiger partial charge in [0.15, 0.2) is 0 Å². The molecule has 0 spiro atoms. The number of aliphatic hydroxyl groups is 1. The van der Waals surface area contributed by atoms with Crippen molar-refractivity contribution in [3.05, 3.63) is 29.8 Å². The number of ether oxygens (including phenoxy) is 1. The largest absolute Gasteiger partial charge is 0.435 e. The van der Waals surface area contributed by atoms with Crippen molar-refractivity contribution in [2.75, 3.05) is 6.54 Å². The van der Waals surface area contributed by atoms with E-state index < -0.39 is 18.6 Å². The minimum absolute atomic E-state index is 0.0196. The van der Waals surface area contributed by atoms with E-state index in [-0.39, 0.29) is 18.3 Å². The van der Waals surface area contributed by atoms with Gasteiger partial charge in [0.2, 0.25) is 5.91 Å². The van der Waals surface area contributed by atoms with E-state index in [2.05, 4.69) is 10.1 Å². The van der Waals surface area contributed by atoms with Crippen molar-refractivity contribution in [2.24, 2.45) is 5.73 Å². The number of alkyl halides is 2. The van der Waals surface area contributed by atoms with Gasteiger partial charge in [0.25, 0.3) is 0 Å². The molecule has 0 bridgehead atoms. The third-order valence-corrected chi connectivity index (χ3v) is 2.55. The molecule has 1 rings (SSSR count). The first-order valence-electron chi connectivity index (χ1n) is 5.65. The highest BCUT2D eigenvalue weighted by Crippen LogP contribution is 2.19. The third-order valence-electron chi connectivity index (χ3n) is 2.55. The van der Waals surface area contributed by atoms with Crippen LogP contribution in [0, 0.1) is 0 Å². The first-order valence-corrected chi connectivity index (χ1v) is 5.65. The van der Waals surface area contributed by atoms with Gasteiger partial charge in [-0.2, -0.15) is 8.78 Å². The van der Waals surface area contributed by atoms with Gasteiger partial charge >= 0.3 is 6.61 Å². The summed E-state index contributed by atoms with van der Waals surface area (Å²) < 4.78 is 28.1. The van der Waals surface area contributed by atoms with Gasteiger partial charge in [-0.25, -0.2) is 0 Å². The van der Waals surface area contributed by atoms with Gasteiger partial charge in [-0.1, -0.05) is 12.1 Å². The Morgan fingerprint density at radius 3 is 2.47 bits per heavy atom. The zero-order valence-corrected chi connectivity index (χ0v) is 10.3. The van der Waals surface area contributed by atoms with Gasteiger partial charge in [0.05, 0.1) is 0 Å². The number of aliphatic hydroxyl groups excluding tert-OH is 1. The summed E-state index contributed by atoms with van der Waals surface area (Å²) >= 11 is 0. The molecule has 1 aromatic rings. The van der Waals surface area contributed by atoms with Crippen LogP contribution in [0.3, 0.4) is 0 Å². The van der Waals surface area contributed by atoms with Crippen LogP contribution in [-0.2, 0) is 4.79 Å². The zero-order valence-electron chi connectivity index (χ0n) is 10.3. The molecule has 0 radical (unpaired) electrons. The summed E-state index contributed by atoms with van der Waals surface area (Å²) in [4.78, 5) is 10.6. The minimum atomic E-state index is -2.85. The average Bonchev–Trinajstić information content (AvgIpc) is 2.35. The van der Waals surface area contributed by atoms with Gasteiger partial charge in [0, 0.05) is 12.6 Å². The Balaban J connectivity index is 2.53. The number of hydrogen-bond donors (Lipinski definition) is 3. The number of nitrogens with two attached hydrogens (primary N) is 1. The normalized spacial score (nSPS) is 14.2. The van der Waals surface area contributed by atoms with Gasteiger partial charge in [0.1, 0.15) is 11.9 Å². The number of carbonyl (C=O) groups excluding carboxylic acids is 1. The first kappa shape index (κ1) is 15.3. The quantitative estimate of drug-likeness (QED) is 0.686. The highest BCUT2D eigenvalue weighted by molar-refractivity contribution is 5.78. The second-order valence-corrected chi connectivity index (χ2v) is 4.00. The highest BCUT2D eigenvalue weighted by atomic mass is 19.3. The van der Waals surface area contributed by atoms with E-state index in [1.165, 1.54) is 12.1 Å². The molecule has 2 atom stereocenters. The van der Waals surface area contributed by atoms with Crippen molar-refractivity contribution in [2.45, 2.75) is 25.7 Å². The second-order valence-electron chi connectivity index (χ2n) is 4.00. The van der Waals surface area contributed by atoms with E-state index in [1.54, 1.807) is 19.1 Å². The maximum Gasteiger partial charge on any atom is 0.387 e. The predicted octanol–water partition coefficient (Wildman–Crippen LogP) is 0.785. The number of carbonyl (C=O) groups is 1. The lowest BCUT2D eigenvalue weighted by Gasteiger charge is -2.16. The maximum absolute atomic E-state index is 12.0. The lowest BCUT2D eigenvalue weighted by molar-refractivity contribution is -0.125. The number of nitrogens with one attached hydrogen (secondary N) is 1. The van der Waals surface area contributed by atoms with E-state index in [1.807, 2.05) is 0 Å². The predicted molar refractivity (Wildman–Crippen MR) is 64.7 cm³/mol. The number of amides is 1. The van der Waals surface area contributed by atoms with Gasteiger partial charge < -0.3 is 20.9 Å². The summed E-state index contributed by atoms with van der Waals surface area (Å²) in [7, 11) is 0. The standard InChI is InChI=1S/C12H16F2N2O3/c1-7(16-6-10(17)11(15)18)8-2-4-9(5-3-8)19-12(13)14/h2-5,7,10,12,16-17H,6H2,1H3,(H2,15,18). The minimum Gasteiger partial charge on any atom is -0.435 e. The maximum atomic E-state index is 12.0. The SMILES string of the molecule is CC(NCC(O)C(N)=O)c1ccc(OC(F)F)cc1. The Labute approximate surface area is 109 Å². The molecule has 0 aliphatic rings. The van der Waals surface area contributed by atoms with Crippen molar-refractivity contribution in [3.63, 3.8) is 0 Å². The van der Waals surface area contributed by atoms with Gasteiger partial charge in [-0.3, -0.25) is 4.79 Å². The molecule has 0 saturated carbocycles. The van der Waals surface area contributed by atoms with E-state index in [4.69, 9.17) is 5.73 Å². The number of primary amides is 1. The molecule has 0 aromatic heterocycles. The fourth-order valence-corrected chi connectivity index (χ4v) is 1.44. The van der Waals surface area contributed by atoms with Crippen LogP contribution in [0.2, 0.25) is 0 Å². The number of rotatable bonds is 7. The molecule has 0 saturated heterocycles. The summed E-state index contributed by atoms with van der Waals surface area (Å²) in [6.45, 7) is -1.03. The van der Waals surface area contributed by atoms with Crippen molar-refractivity contribution in [1.82, 2.24) is 5.32 Å². The summed E-state index contributed by atoms with van der Waals surface area (Å²) in [5, 5.41) is 12.1. The lowest BCUT2D eigenvalue weighted by atomic mass is 10.1. The molecule has 4 N–H and O–H groups in total. The second kappa shape index (κ2) is 7.01. The van der Waals surface area contributed by atoms with E-state index in [0.717, 1.165) is 5.56 Å². The van der Waals surface area contributed by atoms with Crippen LogP contribution in [0.1, 0.15) is 18.5 Å². The number of halogens is 2. The summed E-state index contributed by atoms with van der Waals surface area (Å²) in [6, 6.07) is 5.90. The van der Waals surface area contributed by atoms with E-state index in [9.17, 15) is 18.7 Å². The van der Waals surface area contributed by atoms with Crippen molar-refractivity contribution in [3.8, 4) is 5.75 Å². The van der Waals surface area contributed by atoms with Crippen LogP contribution in [0.25, 0.3) is 0 Å². The van der Waals surface area contributed by atoms with Crippen molar-refractivity contribution < 1.29 is 23.4 Å². The Morgan fingerprint density at radius 2 is 2.00 bits per heavy atom. The lowest BCUT2D eigenvalue weighted by Crippen LogP contribution is -2.38. The van der Waals surface area contributed by atoms with Crippen LogP contribution < -0.4 is 15.8 Å². The Kier molecular flexibility index (Phi) is 5.65. The molecule has 1 amide bonds. The molecule has 7 heteroatoms. The van der Waals surface area contributed by atoms with Gasteiger partial charge in [-0.05, 0) is 24.6 Å². The fraction of sp³-hybridized carbons (Fsp3) is 0.417. The molecule has 0 fully saturated rings. The molecular weight excluding hydrogens is 258 g/mol. The van der Waals surface area contributed by atoms with Crippen molar-refractivity contribution >= 4 is 5.91 Å². The Morgan fingerprint density at radius 1 is 1.42 bits per heavy atom. The molecule has 1 aromatic carbocycles. The van der Waals surface area contributed by atoms with Crippen LogP contribution in [0.5, 0.6) is 5.75 Å². The molecule has 106 valence electrons. The smallest absolute Gasteiger partial charge is 0.387 e. The first-order chi connectivity index (χ1) is 8.90. The highest BCUT2D eigenvalue weighted by Gasteiger charge is 2.13. The Hall–Kier alpha value is -1.73. The molecule has 0 aliphatic heterocycles. The molecule has 0 heterocycles. The number of hydrogen-bond acceptors (Lipinski definition) is 4. The van der Waals surface area contributed by atoms with Crippen LogP contribution in [0.15, 0.2) is 24.3 Å². The molecular formula is C12H16F2N2O3.